The van der Waals surface area contributed by atoms with Crippen LogP contribution in [-0.2, 0) is 14.3 Å². The highest BCUT2D eigenvalue weighted by molar-refractivity contribution is 5.84. The summed E-state index contributed by atoms with van der Waals surface area (Å²) < 4.78 is 43.0. The molecule has 0 spiro atoms. The van der Waals surface area contributed by atoms with Crippen LogP contribution in [0.15, 0.2) is 12.0 Å². The largest absolute Gasteiger partial charge is 0.475 e. The van der Waals surface area contributed by atoms with Gasteiger partial charge in [0.1, 0.15) is 6.26 Å². The summed E-state index contributed by atoms with van der Waals surface area (Å²) in [6, 6.07) is 0. The first-order chi connectivity index (χ1) is 5.41. The van der Waals surface area contributed by atoms with Gasteiger partial charge in [-0.1, -0.05) is 0 Å². The Labute approximate surface area is 64.2 Å². The van der Waals surface area contributed by atoms with E-state index in [1.54, 1.807) is 0 Å². The van der Waals surface area contributed by atoms with Crippen molar-refractivity contribution in [2.24, 2.45) is 0 Å². The van der Waals surface area contributed by atoms with E-state index in [9.17, 15) is 18.0 Å². The van der Waals surface area contributed by atoms with Crippen molar-refractivity contribution in [2.45, 2.75) is 12.5 Å². The summed E-state index contributed by atoms with van der Waals surface area (Å²) in [5, 5.41) is 8.16. The van der Waals surface area contributed by atoms with E-state index < -0.39 is 24.2 Å². The van der Waals surface area contributed by atoms with Crippen molar-refractivity contribution >= 4 is 5.97 Å². The number of hydrogen-bond acceptors (Lipinski definition) is 3. The Kier molecular flexibility index (Phi) is 1.87. The van der Waals surface area contributed by atoms with Crippen molar-refractivity contribution < 1.29 is 32.5 Å². The number of aliphatic carboxylic acids is 1. The van der Waals surface area contributed by atoms with Gasteiger partial charge in [-0.2, -0.15) is 13.2 Å². The van der Waals surface area contributed by atoms with Crippen LogP contribution in [0.2, 0.25) is 0 Å². The first kappa shape index (κ1) is 8.69. The van der Waals surface area contributed by atoms with Crippen LogP contribution in [0.3, 0.4) is 0 Å². The second-order valence-corrected chi connectivity index (χ2v) is 1.91. The molecule has 0 saturated heterocycles. The maximum absolute atomic E-state index is 11.7. The molecule has 0 radical (unpaired) electrons. The molecule has 0 amide bonds. The van der Waals surface area contributed by atoms with Crippen molar-refractivity contribution in [3.05, 3.63) is 12.0 Å². The summed E-state index contributed by atoms with van der Waals surface area (Å²) in [4.78, 5) is 10.0. The lowest BCUT2D eigenvalue weighted by Crippen LogP contribution is -2.30. The highest BCUT2D eigenvalue weighted by Gasteiger charge is 2.47. The summed E-state index contributed by atoms with van der Waals surface area (Å²) in [6.45, 7) is 0. The van der Waals surface area contributed by atoms with Gasteiger partial charge in [-0.3, -0.25) is 0 Å². The monoisotopic (exact) mass is 184 g/mol. The van der Waals surface area contributed by atoms with Crippen LogP contribution in [-0.4, -0.2) is 23.5 Å². The van der Waals surface area contributed by atoms with E-state index in [4.69, 9.17) is 5.11 Å². The number of carboxylic acid groups (broad SMARTS) is 1. The number of hydrogen-bond donors (Lipinski definition) is 1. The molecule has 7 heteroatoms. The number of halogens is 3. The zero-order valence-corrected chi connectivity index (χ0v) is 5.46. The molecule has 1 aliphatic rings. The predicted octanol–water partition coefficient (Wildman–Crippen LogP) is 0.848. The molecule has 68 valence electrons. The molecule has 0 aliphatic carbocycles. The van der Waals surface area contributed by atoms with Crippen LogP contribution in [0.1, 0.15) is 0 Å². The average Bonchev–Trinajstić information content (AvgIpc) is 2.30. The quantitative estimate of drug-likeness (QED) is 0.656. The Morgan fingerprint density at radius 3 is 2.42 bits per heavy atom. The molecule has 0 bridgehead atoms. The second kappa shape index (κ2) is 2.58. The Hall–Kier alpha value is -1.40. The van der Waals surface area contributed by atoms with Crippen LogP contribution < -0.4 is 0 Å². The second-order valence-electron chi connectivity index (χ2n) is 1.91. The fraction of sp³-hybridized carbons (Fsp3) is 0.400. The van der Waals surface area contributed by atoms with Gasteiger partial charge in [0.25, 0.3) is 0 Å². The lowest BCUT2D eigenvalue weighted by Gasteiger charge is -2.13. The summed E-state index contributed by atoms with van der Waals surface area (Å²) >= 11 is 0. The topological polar surface area (TPSA) is 55.8 Å². The summed E-state index contributed by atoms with van der Waals surface area (Å²) in [5.74, 6) is -2.45. The minimum atomic E-state index is -4.71. The summed E-state index contributed by atoms with van der Waals surface area (Å²) in [6.07, 6.45) is -6.79. The molecule has 0 fully saturated rings. The Bertz CT molecular complexity index is 231. The number of carbonyl (C=O) groups is 1. The fourth-order valence-corrected chi connectivity index (χ4v) is 0.539. The SMILES string of the molecule is O=C(O)C1=COC(C(F)(F)F)O1. The third kappa shape index (κ3) is 1.60. The lowest BCUT2D eigenvalue weighted by molar-refractivity contribution is -0.268. The normalized spacial score (nSPS) is 22.6. The van der Waals surface area contributed by atoms with Crippen molar-refractivity contribution in [3.8, 4) is 0 Å². The van der Waals surface area contributed by atoms with E-state index in [0.29, 0.717) is 6.26 Å². The van der Waals surface area contributed by atoms with E-state index in [1.165, 1.54) is 0 Å². The fourth-order valence-electron chi connectivity index (χ4n) is 0.539. The van der Waals surface area contributed by atoms with Gasteiger partial charge in [-0.05, 0) is 0 Å². The van der Waals surface area contributed by atoms with E-state index in [-0.39, 0.29) is 0 Å². The molecule has 12 heavy (non-hydrogen) atoms. The third-order valence-corrected chi connectivity index (χ3v) is 1.01. The molecular formula is C5H3F3O4. The van der Waals surface area contributed by atoms with Gasteiger partial charge in [-0.15, -0.1) is 0 Å². The van der Waals surface area contributed by atoms with Gasteiger partial charge in [-0.25, -0.2) is 4.79 Å². The molecule has 0 saturated carbocycles. The van der Waals surface area contributed by atoms with Gasteiger partial charge in [0.05, 0.1) is 0 Å². The number of rotatable bonds is 1. The first-order valence-corrected chi connectivity index (χ1v) is 2.73. The number of ether oxygens (including phenoxy) is 2. The van der Waals surface area contributed by atoms with Gasteiger partial charge >= 0.3 is 18.4 Å². The van der Waals surface area contributed by atoms with Crippen LogP contribution in [0.25, 0.3) is 0 Å². The van der Waals surface area contributed by atoms with Crippen molar-refractivity contribution in [2.75, 3.05) is 0 Å². The van der Waals surface area contributed by atoms with Gasteiger partial charge in [0.2, 0.25) is 5.76 Å². The Morgan fingerprint density at radius 1 is 1.58 bits per heavy atom. The molecule has 1 N–H and O–H groups in total. The van der Waals surface area contributed by atoms with E-state index in [1.807, 2.05) is 0 Å². The Balaban J connectivity index is 2.59. The molecular weight excluding hydrogens is 181 g/mol. The summed E-state index contributed by atoms with van der Waals surface area (Å²) in [7, 11) is 0. The molecule has 1 unspecified atom stereocenters. The molecule has 1 atom stereocenters. The van der Waals surface area contributed by atoms with Crippen LogP contribution in [0.5, 0.6) is 0 Å². The maximum atomic E-state index is 11.7. The van der Waals surface area contributed by atoms with Gasteiger partial charge in [0.15, 0.2) is 0 Å². The molecule has 1 heterocycles. The molecule has 0 aromatic carbocycles. The predicted molar refractivity (Wildman–Crippen MR) is 27.7 cm³/mol. The van der Waals surface area contributed by atoms with E-state index in [0.717, 1.165) is 0 Å². The zero-order chi connectivity index (χ0) is 9.35. The van der Waals surface area contributed by atoms with Crippen LogP contribution in [0.4, 0.5) is 13.2 Å². The minimum absolute atomic E-state index is 0.417. The van der Waals surface area contributed by atoms with Crippen molar-refractivity contribution in [1.82, 2.24) is 0 Å². The van der Waals surface area contributed by atoms with Gasteiger partial charge < -0.3 is 14.6 Å². The number of carboxylic acids is 1. The first-order valence-electron chi connectivity index (χ1n) is 2.73. The maximum Gasteiger partial charge on any atom is 0.464 e. The molecule has 4 nitrogen and oxygen atoms in total. The van der Waals surface area contributed by atoms with E-state index >= 15 is 0 Å². The van der Waals surface area contributed by atoms with E-state index in [2.05, 4.69) is 9.47 Å². The zero-order valence-electron chi connectivity index (χ0n) is 5.46. The minimum Gasteiger partial charge on any atom is -0.475 e. The average molecular weight is 184 g/mol. The summed E-state index contributed by atoms with van der Waals surface area (Å²) in [5.41, 5.74) is 0. The molecule has 1 aliphatic heterocycles. The lowest BCUT2D eigenvalue weighted by atomic mass is 10.6. The molecule has 1 rings (SSSR count). The standard InChI is InChI=1S/C5H3F3O4/c6-5(7,8)4-11-1-2(12-4)3(9)10/h1,4H,(H,9,10). The molecule has 0 aromatic rings. The highest BCUT2D eigenvalue weighted by Crippen LogP contribution is 2.29. The van der Waals surface area contributed by atoms with Crippen LogP contribution in [0, 0.1) is 0 Å². The third-order valence-electron chi connectivity index (χ3n) is 1.01. The smallest absolute Gasteiger partial charge is 0.464 e. The van der Waals surface area contributed by atoms with Crippen molar-refractivity contribution in [1.29, 1.82) is 0 Å². The van der Waals surface area contributed by atoms with Crippen molar-refractivity contribution in [3.63, 3.8) is 0 Å². The highest BCUT2D eigenvalue weighted by atomic mass is 19.4. The molecule has 0 aromatic heterocycles. The number of alkyl halides is 3. The van der Waals surface area contributed by atoms with Gasteiger partial charge in [0, 0.05) is 0 Å². The van der Waals surface area contributed by atoms with Crippen LogP contribution >= 0.6 is 0 Å². The Morgan fingerprint density at radius 2 is 2.17 bits per heavy atom.